The van der Waals surface area contributed by atoms with Crippen molar-refractivity contribution in [2.75, 3.05) is 19.8 Å². The van der Waals surface area contributed by atoms with Crippen molar-refractivity contribution >= 4 is 6.29 Å². The Labute approximate surface area is 87.8 Å². The first kappa shape index (κ1) is 10.1. The molecule has 80 valence electrons. The maximum Gasteiger partial charge on any atom is 0.223 e. The van der Waals surface area contributed by atoms with E-state index in [2.05, 4.69) is 0 Å². The molecule has 0 aliphatic carbocycles. The van der Waals surface area contributed by atoms with Gasteiger partial charge in [-0.05, 0) is 12.1 Å². The number of benzene rings is 1. The maximum absolute atomic E-state index is 10.7. The van der Waals surface area contributed by atoms with Crippen LogP contribution in [0, 0.1) is 0 Å². The maximum atomic E-state index is 10.7. The van der Waals surface area contributed by atoms with Crippen molar-refractivity contribution in [2.24, 2.45) is 0 Å². The zero-order chi connectivity index (χ0) is 10.5. The lowest BCUT2D eigenvalue weighted by Gasteiger charge is -2.24. The molecule has 0 radical (unpaired) electrons. The third kappa shape index (κ3) is 2.55. The second-order valence-corrected chi connectivity index (χ2v) is 3.15. The van der Waals surface area contributed by atoms with Gasteiger partial charge in [-0.1, -0.05) is 12.1 Å². The van der Waals surface area contributed by atoms with Gasteiger partial charge < -0.3 is 14.2 Å². The number of ether oxygens (including phenoxy) is 3. The Balaban J connectivity index is 2.05. The molecule has 1 heterocycles. The number of aldehydes is 1. The average molecular weight is 208 g/mol. The Hall–Kier alpha value is -1.39. The van der Waals surface area contributed by atoms with Crippen molar-refractivity contribution < 1.29 is 19.0 Å². The lowest BCUT2D eigenvalue weighted by Crippen LogP contribution is -2.33. The Morgan fingerprint density at radius 1 is 1.33 bits per heavy atom. The first-order valence-corrected chi connectivity index (χ1v) is 4.80. The van der Waals surface area contributed by atoms with Crippen molar-refractivity contribution in [3.63, 3.8) is 0 Å². The predicted molar refractivity (Wildman–Crippen MR) is 53.0 cm³/mol. The van der Waals surface area contributed by atoms with Crippen LogP contribution in [0.15, 0.2) is 24.3 Å². The fourth-order valence-electron chi connectivity index (χ4n) is 1.36. The summed E-state index contributed by atoms with van der Waals surface area (Å²) < 4.78 is 16.0. The molecule has 1 saturated heterocycles. The van der Waals surface area contributed by atoms with Crippen LogP contribution in [-0.4, -0.2) is 32.4 Å². The summed E-state index contributed by atoms with van der Waals surface area (Å²) in [5, 5.41) is 0. The normalized spacial score (nSPS) is 20.9. The fraction of sp³-hybridized carbons (Fsp3) is 0.364. The fourth-order valence-corrected chi connectivity index (χ4v) is 1.36. The molecule has 0 N–H and O–H groups in total. The number of hydrogen-bond acceptors (Lipinski definition) is 4. The van der Waals surface area contributed by atoms with Crippen LogP contribution >= 0.6 is 0 Å². The summed E-state index contributed by atoms with van der Waals surface area (Å²) in [7, 11) is 0. The Morgan fingerprint density at radius 3 is 2.93 bits per heavy atom. The monoisotopic (exact) mass is 208 g/mol. The van der Waals surface area contributed by atoms with Gasteiger partial charge in [0.05, 0.1) is 18.8 Å². The molecule has 1 aliphatic heterocycles. The van der Waals surface area contributed by atoms with E-state index in [1.54, 1.807) is 18.2 Å². The molecule has 15 heavy (non-hydrogen) atoms. The van der Waals surface area contributed by atoms with E-state index < -0.39 is 6.29 Å². The summed E-state index contributed by atoms with van der Waals surface area (Å²) in [5.41, 5.74) is 0.520. The topological polar surface area (TPSA) is 44.8 Å². The van der Waals surface area contributed by atoms with Crippen molar-refractivity contribution in [1.82, 2.24) is 0 Å². The molecular formula is C11H12O4. The second-order valence-electron chi connectivity index (χ2n) is 3.15. The van der Waals surface area contributed by atoms with Crippen LogP contribution < -0.4 is 4.74 Å². The van der Waals surface area contributed by atoms with Gasteiger partial charge in [0.15, 0.2) is 6.29 Å². The largest absolute Gasteiger partial charge is 0.462 e. The van der Waals surface area contributed by atoms with E-state index in [1.807, 2.05) is 6.07 Å². The number of carbonyl (C=O) groups is 1. The van der Waals surface area contributed by atoms with E-state index in [0.717, 1.165) is 6.29 Å². The minimum atomic E-state index is -0.417. The number of carbonyl (C=O) groups excluding carboxylic acids is 1. The highest BCUT2D eigenvalue weighted by atomic mass is 16.7. The predicted octanol–water partition coefficient (Wildman–Crippen LogP) is 1.25. The van der Waals surface area contributed by atoms with Crippen LogP contribution in [0.3, 0.4) is 0 Å². The number of hydrogen-bond donors (Lipinski definition) is 0. The van der Waals surface area contributed by atoms with Crippen molar-refractivity contribution in [1.29, 1.82) is 0 Å². The van der Waals surface area contributed by atoms with E-state index in [-0.39, 0.29) is 0 Å². The van der Waals surface area contributed by atoms with Crippen LogP contribution in [0.5, 0.6) is 5.75 Å². The molecule has 1 aliphatic rings. The molecule has 4 nitrogen and oxygen atoms in total. The quantitative estimate of drug-likeness (QED) is 0.701. The summed E-state index contributed by atoms with van der Waals surface area (Å²) in [6.07, 6.45) is 0.346. The number of para-hydroxylation sites is 1. The minimum absolute atomic E-state index is 0.396. The summed E-state index contributed by atoms with van der Waals surface area (Å²) in [6, 6.07) is 7.04. The number of rotatable bonds is 3. The molecule has 0 saturated carbocycles. The molecule has 4 heteroatoms. The van der Waals surface area contributed by atoms with Gasteiger partial charge in [0.2, 0.25) is 6.29 Å². The molecule has 1 atom stereocenters. The SMILES string of the molecule is O=Cc1ccccc1OC1COCCO1. The highest BCUT2D eigenvalue weighted by molar-refractivity contribution is 5.79. The summed E-state index contributed by atoms with van der Waals surface area (Å²) in [5.74, 6) is 0.531. The van der Waals surface area contributed by atoms with Gasteiger partial charge >= 0.3 is 0 Å². The molecular weight excluding hydrogens is 196 g/mol. The molecule has 2 rings (SSSR count). The van der Waals surface area contributed by atoms with Crippen LogP contribution in [0.25, 0.3) is 0 Å². The average Bonchev–Trinajstić information content (AvgIpc) is 2.31. The van der Waals surface area contributed by atoms with Gasteiger partial charge in [0, 0.05) is 0 Å². The third-order valence-electron chi connectivity index (χ3n) is 2.09. The van der Waals surface area contributed by atoms with Gasteiger partial charge in [-0.15, -0.1) is 0 Å². The Kier molecular flexibility index (Phi) is 3.32. The molecule has 1 aromatic carbocycles. The van der Waals surface area contributed by atoms with Crippen LogP contribution in [0.2, 0.25) is 0 Å². The van der Waals surface area contributed by atoms with E-state index in [9.17, 15) is 4.79 Å². The molecule has 0 amide bonds. The van der Waals surface area contributed by atoms with Crippen LogP contribution in [-0.2, 0) is 9.47 Å². The molecule has 0 spiro atoms. The molecule has 1 aromatic rings. The van der Waals surface area contributed by atoms with Gasteiger partial charge in [0.25, 0.3) is 0 Å². The van der Waals surface area contributed by atoms with Gasteiger partial charge in [0.1, 0.15) is 12.4 Å². The molecule has 0 aromatic heterocycles. The molecule has 0 bridgehead atoms. The third-order valence-corrected chi connectivity index (χ3v) is 2.09. The van der Waals surface area contributed by atoms with E-state index in [1.165, 1.54) is 0 Å². The van der Waals surface area contributed by atoms with Crippen molar-refractivity contribution in [3.05, 3.63) is 29.8 Å². The molecule has 1 unspecified atom stereocenters. The van der Waals surface area contributed by atoms with E-state index >= 15 is 0 Å². The standard InChI is InChI=1S/C11H12O4/c12-7-9-3-1-2-4-10(9)15-11-8-13-5-6-14-11/h1-4,7,11H,5-6,8H2. The Morgan fingerprint density at radius 2 is 2.20 bits per heavy atom. The summed E-state index contributed by atoms with van der Waals surface area (Å²) in [6.45, 7) is 1.51. The zero-order valence-electron chi connectivity index (χ0n) is 8.22. The first-order chi connectivity index (χ1) is 7.40. The summed E-state index contributed by atoms with van der Waals surface area (Å²) in [4.78, 5) is 10.7. The lowest BCUT2D eigenvalue weighted by atomic mass is 10.2. The Bertz CT molecular complexity index is 331. The highest BCUT2D eigenvalue weighted by Crippen LogP contribution is 2.18. The van der Waals surface area contributed by atoms with Crippen molar-refractivity contribution in [3.8, 4) is 5.75 Å². The van der Waals surface area contributed by atoms with Gasteiger partial charge in [-0.2, -0.15) is 0 Å². The smallest absolute Gasteiger partial charge is 0.223 e. The molecule has 1 fully saturated rings. The van der Waals surface area contributed by atoms with Crippen LogP contribution in [0.1, 0.15) is 10.4 Å². The van der Waals surface area contributed by atoms with E-state index in [4.69, 9.17) is 14.2 Å². The highest BCUT2D eigenvalue weighted by Gasteiger charge is 2.16. The lowest BCUT2D eigenvalue weighted by molar-refractivity contribution is -0.170. The van der Waals surface area contributed by atoms with Crippen molar-refractivity contribution in [2.45, 2.75) is 6.29 Å². The van der Waals surface area contributed by atoms with Crippen LogP contribution in [0.4, 0.5) is 0 Å². The minimum Gasteiger partial charge on any atom is -0.462 e. The van der Waals surface area contributed by atoms with Gasteiger partial charge in [-0.25, -0.2) is 0 Å². The first-order valence-electron chi connectivity index (χ1n) is 4.80. The summed E-state index contributed by atoms with van der Waals surface area (Å²) >= 11 is 0. The van der Waals surface area contributed by atoms with E-state index in [0.29, 0.717) is 31.1 Å². The zero-order valence-corrected chi connectivity index (χ0v) is 8.22. The van der Waals surface area contributed by atoms with Gasteiger partial charge in [-0.3, -0.25) is 4.79 Å². The second kappa shape index (κ2) is 4.91.